The van der Waals surface area contributed by atoms with E-state index in [1.807, 2.05) is 0 Å². The highest BCUT2D eigenvalue weighted by Crippen LogP contribution is 2.62. The minimum atomic E-state index is -1.53. The molecule has 0 N–H and O–H groups in total. The molecule has 1 aliphatic heterocycles. The van der Waals surface area contributed by atoms with Crippen molar-refractivity contribution in [2.75, 3.05) is 19.4 Å². The Bertz CT molecular complexity index is 476. The number of benzene rings is 1. The highest BCUT2D eigenvalue weighted by atomic mass is 31.4. The zero-order chi connectivity index (χ0) is 18.4. The van der Waals surface area contributed by atoms with Gasteiger partial charge >= 0.3 is 0 Å². The Balaban J connectivity index is 2.34. The Morgan fingerprint density at radius 3 is 1.92 bits per heavy atom. The van der Waals surface area contributed by atoms with Gasteiger partial charge in [-0.05, 0) is 34.5 Å². The third-order valence-electron chi connectivity index (χ3n) is 5.79. The standard InChI is InChI=1S/C21H37O2PSi/c1-17(2)25(18(3)4,19(5)6)24(20-11-8-7-9-12-20)16-13-21-22-14-10-15-23-21/h7-9,11-12,17-19,21H,10,13-16H2,1-6H3. The van der Waals surface area contributed by atoms with Crippen LogP contribution in [0.5, 0.6) is 0 Å². The first-order valence-corrected chi connectivity index (χ1v) is 14.6. The van der Waals surface area contributed by atoms with E-state index in [1.54, 1.807) is 5.30 Å². The van der Waals surface area contributed by atoms with Gasteiger partial charge in [-0.25, -0.2) is 0 Å². The van der Waals surface area contributed by atoms with Crippen molar-refractivity contribution in [1.82, 2.24) is 0 Å². The molecule has 4 heteroatoms. The summed E-state index contributed by atoms with van der Waals surface area (Å²) in [5, 5.41) is 1.59. The molecular weight excluding hydrogens is 343 g/mol. The lowest BCUT2D eigenvalue weighted by Crippen LogP contribution is -2.46. The molecular formula is C21H37O2PSi. The number of hydrogen-bond acceptors (Lipinski definition) is 2. The Labute approximate surface area is 157 Å². The van der Waals surface area contributed by atoms with E-state index in [-0.39, 0.29) is 13.8 Å². The topological polar surface area (TPSA) is 18.5 Å². The smallest absolute Gasteiger partial charge is 0.157 e. The average molecular weight is 381 g/mol. The lowest BCUT2D eigenvalue weighted by molar-refractivity contribution is -0.178. The minimum Gasteiger partial charge on any atom is -0.353 e. The second kappa shape index (κ2) is 9.64. The van der Waals surface area contributed by atoms with Crippen molar-refractivity contribution in [2.24, 2.45) is 0 Å². The predicted molar refractivity (Wildman–Crippen MR) is 114 cm³/mol. The largest absolute Gasteiger partial charge is 0.353 e. The Kier molecular flexibility index (Phi) is 8.14. The Morgan fingerprint density at radius 2 is 1.44 bits per heavy atom. The summed E-state index contributed by atoms with van der Waals surface area (Å²) < 4.78 is 11.7. The predicted octanol–water partition coefficient (Wildman–Crippen LogP) is 6.12. The summed E-state index contributed by atoms with van der Waals surface area (Å²) >= 11 is 0. The molecule has 25 heavy (non-hydrogen) atoms. The van der Waals surface area contributed by atoms with Gasteiger partial charge in [-0.1, -0.05) is 79.3 Å². The van der Waals surface area contributed by atoms with Crippen LogP contribution in [0.3, 0.4) is 0 Å². The highest BCUT2D eigenvalue weighted by molar-refractivity contribution is 8.00. The van der Waals surface area contributed by atoms with Gasteiger partial charge in [0.25, 0.3) is 0 Å². The number of hydrogen-bond donors (Lipinski definition) is 0. The SMILES string of the molecule is CC(C)[Si](C(C)C)(C(C)C)P(CCC1OCCCO1)c1ccccc1. The molecule has 1 aromatic carbocycles. The first kappa shape index (κ1) is 21.1. The fourth-order valence-corrected chi connectivity index (χ4v) is 21.9. The van der Waals surface area contributed by atoms with E-state index in [1.165, 1.54) is 6.16 Å². The molecule has 0 saturated carbocycles. The van der Waals surface area contributed by atoms with Crippen LogP contribution >= 0.6 is 7.47 Å². The van der Waals surface area contributed by atoms with Crippen molar-refractivity contribution in [3.05, 3.63) is 30.3 Å². The second-order valence-corrected chi connectivity index (χ2v) is 19.2. The van der Waals surface area contributed by atoms with E-state index in [0.717, 1.165) is 42.7 Å². The van der Waals surface area contributed by atoms with Gasteiger partial charge in [0.2, 0.25) is 0 Å². The molecule has 2 nitrogen and oxygen atoms in total. The molecule has 1 atom stereocenters. The van der Waals surface area contributed by atoms with Crippen molar-refractivity contribution < 1.29 is 9.47 Å². The molecule has 1 heterocycles. The zero-order valence-electron chi connectivity index (χ0n) is 17.0. The molecule has 0 radical (unpaired) electrons. The molecule has 142 valence electrons. The van der Waals surface area contributed by atoms with Crippen LogP contribution in [0.2, 0.25) is 16.6 Å². The first-order chi connectivity index (χ1) is 11.9. The summed E-state index contributed by atoms with van der Waals surface area (Å²) in [7, 11) is -1.70. The van der Waals surface area contributed by atoms with Crippen LogP contribution in [-0.4, -0.2) is 33.4 Å². The Morgan fingerprint density at radius 1 is 0.920 bits per heavy atom. The summed E-state index contributed by atoms with van der Waals surface area (Å²) in [5.74, 6) is 0. The van der Waals surface area contributed by atoms with Gasteiger partial charge in [-0.2, -0.15) is 0 Å². The van der Waals surface area contributed by atoms with Crippen LogP contribution < -0.4 is 5.30 Å². The van der Waals surface area contributed by atoms with Gasteiger partial charge in [0.1, 0.15) is 0 Å². The van der Waals surface area contributed by atoms with Crippen LogP contribution in [0.25, 0.3) is 0 Å². The van der Waals surface area contributed by atoms with Gasteiger partial charge in [0.15, 0.2) is 6.29 Å². The molecule has 1 unspecified atom stereocenters. The molecule has 2 rings (SSSR count). The lowest BCUT2D eigenvalue weighted by atomic mass is 10.4. The van der Waals surface area contributed by atoms with Gasteiger partial charge in [-0.3, -0.25) is 0 Å². The molecule has 1 aliphatic rings. The lowest BCUT2D eigenvalue weighted by Gasteiger charge is -2.49. The van der Waals surface area contributed by atoms with Crippen molar-refractivity contribution in [3.8, 4) is 0 Å². The van der Waals surface area contributed by atoms with Crippen LogP contribution in [0, 0.1) is 0 Å². The zero-order valence-corrected chi connectivity index (χ0v) is 18.9. The molecule has 0 spiro atoms. The maximum absolute atomic E-state index is 5.86. The first-order valence-electron chi connectivity index (χ1n) is 9.96. The summed E-state index contributed by atoms with van der Waals surface area (Å²) in [4.78, 5) is 0. The van der Waals surface area contributed by atoms with E-state index < -0.39 is 7.74 Å². The van der Waals surface area contributed by atoms with Crippen molar-refractivity contribution in [1.29, 1.82) is 0 Å². The molecule has 1 aromatic rings. The highest BCUT2D eigenvalue weighted by Gasteiger charge is 2.49. The maximum Gasteiger partial charge on any atom is 0.157 e. The number of rotatable bonds is 8. The number of ether oxygens (including phenoxy) is 2. The van der Waals surface area contributed by atoms with E-state index in [2.05, 4.69) is 71.9 Å². The van der Waals surface area contributed by atoms with E-state index >= 15 is 0 Å². The minimum absolute atomic E-state index is 0.0145. The van der Waals surface area contributed by atoms with Crippen molar-refractivity contribution >= 4 is 20.5 Å². The summed E-state index contributed by atoms with van der Waals surface area (Å²) in [6.07, 6.45) is 3.33. The Hall–Kier alpha value is -0.213. The molecule has 1 fully saturated rings. The van der Waals surface area contributed by atoms with Crippen LogP contribution in [0.15, 0.2) is 30.3 Å². The van der Waals surface area contributed by atoms with Crippen molar-refractivity contribution in [3.63, 3.8) is 0 Å². The summed E-state index contributed by atoms with van der Waals surface area (Å²) in [5.41, 5.74) is 2.35. The summed E-state index contributed by atoms with van der Waals surface area (Å²) in [6, 6.07) is 11.3. The summed E-state index contributed by atoms with van der Waals surface area (Å²) in [6.45, 7) is 16.6. The van der Waals surface area contributed by atoms with Crippen LogP contribution in [0.4, 0.5) is 0 Å². The fraction of sp³-hybridized carbons (Fsp3) is 0.714. The van der Waals surface area contributed by atoms with Gasteiger partial charge in [0, 0.05) is 6.42 Å². The quantitative estimate of drug-likeness (QED) is 0.399. The third kappa shape index (κ3) is 4.74. The van der Waals surface area contributed by atoms with Gasteiger partial charge in [0.05, 0.1) is 21.0 Å². The fourth-order valence-electron chi connectivity index (χ4n) is 5.03. The monoisotopic (exact) mass is 380 g/mol. The van der Waals surface area contributed by atoms with Crippen LogP contribution in [0.1, 0.15) is 54.4 Å². The van der Waals surface area contributed by atoms with Crippen molar-refractivity contribution in [2.45, 2.75) is 77.3 Å². The molecule has 0 aliphatic carbocycles. The van der Waals surface area contributed by atoms with E-state index in [9.17, 15) is 0 Å². The third-order valence-corrected chi connectivity index (χ3v) is 22.8. The maximum atomic E-state index is 5.86. The molecule has 0 amide bonds. The van der Waals surface area contributed by atoms with Gasteiger partial charge in [-0.15, -0.1) is 0 Å². The van der Waals surface area contributed by atoms with E-state index in [4.69, 9.17) is 9.47 Å². The second-order valence-electron chi connectivity index (χ2n) is 8.15. The van der Waals surface area contributed by atoms with Crippen LogP contribution in [-0.2, 0) is 9.47 Å². The van der Waals surface area contributed by atoms with Gasteiger partial charge < -0.3 is 9.47 Å². The molecule has 0 aromatic heterocycles. The molecule has 1 saturated heterocycles. The average Bonchev–Trinajstić information content (AvgIpc) is 2.59. The van der Waals surface area contributed by atoms with E-state index in [0.29, 0.717) is 0 Å². The normalized spacial score (nSPS) is 18.3. The molecule has 0 bridgehead atoms.